The average Bonchev–Trinajstić information content (AvgIpc) is 2.61. The van der Waals surface area contributed by atoms with Gasteiger partial charge in [0.2, 0.25) is 5.56 Å². The third-order valence-electron chi connectivity index (χ3n) is 2.19. The number of pyridine rings is 1. The Hall–Kier alpha value is -2.11. The Morgan fingerprint density at radius 1 is 1.05 bits per heavy atom. The van der Waals surface area contributed by atoms with E-state index in [0.29, 0.717) is 5.69 Å². The number of aliphatic hydroxyl groups excluding tert-OH is 1. The van der Waals surface area contributed by atoms with Gasteiger partial charge in [-0.05, 0) is 18.1 Å². The summed E-state index contributed by atoms with van der Waals surface area (Å²) in [6.45, 7) is 8.24. The van der Waals surface area contributed by atoms with Crippen LogP contribution >= 0.6 is 0 Å². The van der Waals surface area contributed by atoms with Crippen LogP contribution in [-0.2, 0) is 6.42 Å². The Kier molecular flexibility index (Phi) is 17.1. The number of anilines is 1. The molecular formula is C17H29N3O2. The van der Waals surface area contributed by atoms with E-state index in [1.807, 2.05) is 58.0 Å². The highest BCUT2D eigenvalue weighted by molar-refractivity contribution is 5.37. The van der Waals surface area contributed by atoms with Gasteiger partial charge >= 0.3 is 0 Å². The van der Waals surface area contributed by atoms with Crippen molar-refractivity contribution in [1.29, 1.82) is 0 Å². The van der Waals surface area contributed by atoms with Crippen LogP contribution in [0.1, 0.15) is 33.3 Å². The zero-order valence-electron chi connectivity index (χ0n) is 14.0. The Morgan fingerprint density at radius 3 is 2.05 bits per heavy atom. The molecule has 5 N–H and O–H groups in total. The SMILES string of the molecule is CC.CC.NNc1ccc(=O)[nH]c1.OCCc1ccccc1. The van der Waals surface area contributed by atoms with Crippen LogP contribution in [0, 0.1) is 0 Å². The molecule has 0 unspecified atom stereocenters. The molecule has 0 saturated carbocycles. The van der Waals surface area contributed by atoms with Gasteiger partial charge in [0.05, 0.1) is 5.69 Å². The number of hydrazine groups is 1. The first-order valence-electron chi connectivity index (χ1n) is 7.56. The minimum absolute atomic E-state index is 0.131. The van der Waals surface area contributed by atoms with Crippen molar-refractivity contribution < 1.29 is 5.11 Å². The molecule has 5 heteroatoms. The van der Waals surface area contributed by atoms with Crippen LogP contribution in [-0.4, -0.2) is 16.7 Å². The summed E-state index contributed by atoms with van der Waals surface area (Å²) in [5.41, 5.74) is 4.14. The molecule has 0 amide bonds. The van der Waals surface area contributed by atoms with Gasteiger partial charge in [0.1, 0.15) is 0 Å². The maximum atomic E-state index is 10.4. The van der Waals surface area contributed by atoms with E-state index in [0.717, 1.165) is 6.42 Å². The lowest BCUT2D eigenvalue weighted by Crippen LogP contribution is -2.09. The van der Waals surface area contributed by atoms with E-state index in [-0.39, 0.29) is 12.2 Å². The summed E-state index contributed by atoms with van der Waals surface area (Å²) in [6.07, 6.45) is 2.27. The fourth-order valence-corrected chi connectivity index (χ4v) is 1.27. The lowest BCUT2D eigenvalue weighted by molar-refractivity contribution is 0.299. The topological polar surface area (TPSA) is 91.1 Å². The average molecular weight is 307 g/mol. The molecule has 0 aliphatic carbocycles. The molecule has 124 valence electrons. The summed E-state index contributed by atoms with van der Waals surface area (Å²) in [6, 6.07) is 12.9. The second-order valence-corrected chi connectivity index (χ2v) is 3.55. The zero-order chi connectivity index (χ0) is 17.2. The van der Waals surface area contributed by atoms with Crippen LogP contribution < -0.4 is 16.8 Å². The molecule has 1 heterocycles. The standard InChI is InChI=1S/C8H10O.C5H7N3O.2C2H6/c9-7-6-8-4-2-1-3-5-8;6-8-4-1-2-5(9)7-3-4;2*1-2/h1-5,9H,6-7H2;1-3,8H,6H2,(H,7,9);2*1-2H3. The molecule has 0 spiro atoms. The van der Waals surface area contributed by atoms with Gasteiger partial charge in [0, 0.05) is 18.9 Å². The first kappa shape index (κ1) is 22.2. The Morgan fingerprint density at radius 2 is 1.64 bits per heavy atom. The molecule has 0 aliphatic heterocycles. The molecule has 2 aromatic rings. The number of nitrogens with one attached hydrogen (secondary N) is 2. The van der Waals surface area contributed by atoms with Crippen molar-refractivity contribution in [3.63, 3.8) is 0 Å². The number of H-pyrrole nitrogens is 1. The molecule has 0 bridgehead atoms. The number of aromatic amines is 1. The van der Waals surface area contributed by atoms with Crippen molar-refractivity contribution in [1.82, 2.24) is 4.98 Å². The van der Waals surface area contributed by atoms with Crippen LogP contribution in [0.3, 0.4) is 0 Å². The summed E-state index contributed by atoms with van der Waals surface area (Å²) in [4.78, 5) is 12.9. The number of hydrogen-bond acceptors (Lipinski definition) is 4. The van der Waals surface area contributed by atoms with Crippen molar-refractivity contribution >= 4 is 5.69 Å². The minimum atomic E-state index is -0.131. The maximum absolute atomic E-state index is 10.4. The van der Waals surface area contributed by atoms with Crippen molar-refractivity contribution in [2.45, 2.75) is 34.1 Å². The van der Waals surface area contributed by atoms with Gasteiger partial charge in [-0.15, -0.1) is 0 Å². The van der Waals surface area contributed by atoms with Crippen LogP contribution in [0.15, 0.2) is 53.5 Å². The number of hydrogen-bond donors (Lipinski definition) is 4. The normalized spacial score (nSPS) is 8.09. The number of rotatable bonds is 3. The molecule has 0 fully saturated rings. The Balaban J connectivity index is 0. The molecule has 5 nitrogen and oxygen atoms in total. The molecule has 0 aliphatic rings. The molecule has 1 aromatic heterocycles. The van der Waals surface area contributed by atoms with Crippen molar-refractivity contribution in [3.8, 4) is 0 Å². The Labute approximate surface area is 133 Å². The van der Waals surface area contributed by atoms with Gasteiger partial charge in [0.25, 0.3) is 0 Å². The third kappa shape index (κ3) is 11.7. The molecule has 0 saturated heterocycles. The maximum Gasteiger partial charge on any atom is 0.248 e. The number of nitrogens with two attached hydrogens (primary N) is 1. The monoisotopic (exact) mass is 307 g/mol. The zero-order valence-corrected chi connectivity index (χ0v) is 14.0. The second kappa shape index (κ2) is 16.9. The molecular weight excluding hydrogens is 278 g/mol. The summed E-state index contributed by atoms with van der Waals surface area (Å²) in [7, 11) is 0. The number of aliphatic hydroxyl groups is 1. The van der Waals surface area contributed by atoms with E-state index >= 15 is 0 Å². The molecule has 1 aromatic carbocycles. The summed E-state index contributed by atoms with van der Waals surface area (Å²) >= 11 is 0. The van der Waals surface area contributed by atoms with Gasteiger partial charge in [0.15, 0.2) is 0 Å². The third-order valence-corrected chi connectivity index (χ3v) is 2.19. The van der Waals surface area contributed by atoms with E-state index in [1.165, 1.54) is 17.8 Å². The highest BCUT2D eigenvalue weighted by Gasteiger charge is 1.85. The first-order chi connectivity index (χ1) is 10.8. The second-order valence-electron chi connectivity index (χ2n) is 3.55. The summed E-state index contributed by atoms with van der Waals surface area (Å²) in [5, 5.41) is 8.52. The van der Waals surface area contributed by atoms with E-state index in [1.54, 1.807) is 6.07 Å². The highest BCUT2D eigenvalue weighted by Crippen LogP contribution is 1.97. The summed E-state index contributed by atoms with van der Waals surface area (Å²) < 4.78 is 0. The van der Waals surface area contributed by atoms with Gasteiger partial charge < -0.3 is 15.5 Å². The fraction of sp³-hybridized carbons (Fsp3) is 0.353. The number of benzene rings is 1. The van der Waals surface area contributed by atoms with Crippen LogP contribution in [0.5, 0.6) is 0 Å². The Bertz CT molecular complexity index is 478. The van der Waals surface area contributed by atoms with Crippen LogP contribution in [0.4, 0.5) is 5.69 Å². The van der Waals surface area contributed by atoms with E-state index in [9.17, 15) is 4.79 Å². The smallest absolute Gasteiger partial charge is 0.248 e. The van der Waals surface area contributed by atoms with Gasteiger partial charge in [-0.2, -0.15) is 0 Å². The molecule has 2 rings (SSSR count). The quantitative estimate of drug-likeness (QED) is 0.518. The van der Waals surface area contributed by atoms with Crippen molar-refractivity contribution in [2.75, 3.05) is 12.0 Å². The largest absolute Gasteiger partial charge is 0.396 e. The van der Waals surface area contributed by atoms with Gasteiger partial charge in [-0.25, -0.2) is 0 Å². The van der Waals surface area contributed by atoms with Crippen LogP contribution in [0.25, 0.3) is 0 Å². The minimum Gasteiger partial charge on any atom is -0.396 e. The number of aromatic nitrogens is 1. The van der Waals surface area contributed by atoms with Gasteiger partial charge in [-0.3, -0.25) is 10.6 Å². The first-order valence-corrected chi connectivity index (χ1v) is 7.56. The van der Waals surface area contributed by atoms with Crippen molar-refractivity contribution in [2.24, 2.45) is 5.84 Å². The van der Waals surface area contributed by atoms with E-state index in [2.05, 4.69) is 10.4 Å². The lowest BCUT2D eigenvalue weighted by atomic mass is 10.2. The van der Waals surface area contributed by atoms with E-state index in [4.69, 9.17) is 10.9 Å². The fourth-order valence-electron chi connectivity index (χ4n) is 1.27. The van der Waals surface area contributed by atoms with Crippen LogP contribution in [0.2, 0.25) is 0 Å². The highest BCUT2D eigenvalue weighted by atomic mass is 16.2. The van der Waals surface area contributed by atoms with Gasteiger partial charge in [-0.1, -0.05) is 58.0 Å². The van der Waals surface area contributed by atoms with Crippen molar-refractivity contribution in [3.05, 3.63) is 64.6 Å². The molecule has 0 atom stereocenters. The predicted octanol–water partition coefficient (Wildman–Crippen LogP) is 2.93. The number of nitrogen functional groups attached to an aromatic ring is 1. The van der Waals surface area contributed by atoms with E-state index < -0.39 is 0 Å². The molecule has 0 radical (unpaired) electrons. The summed E-state index contributed by atoms with van der Waals surface area (Å²) in [5.74, 6) is 5.03. The lowest BCUT2D eigenvalue weighted by Gasteiger charge is -1.94. The molecule has 22 heavy (non-hydrogen) atoms. The predicted molar refractivity (Wildman–Crippen MR) is 94.8 cm³/mol.